The first-order chi connectivity index (χ1) is 9.16. The third-order valence-electron chi connectivity index (χ3n) is 4.74. The molecule has 1 aromatic carbocycles. The summed E-state index contributed by atoms with van der Waals surface area (Å²) in [6.45, 7) is 7.05. The molecule has 0 saturated heterocycles. The highest BCUT2D eigenvalue weighted by atomic mass is 14.9. The maximum absolute atomic E-state index is 3.83. The SMILES string of the molecule is CC(C)C1CCCC(N[C@H](C)c2ccccc2)CC1. The first kappa shape index (κ1) is 14.6. The summed E-state index contributed by atoms with van der Waals surface area (Å²) in [6, 6.07) is 12.0. The van der Waals surface area contributed by atoms with Gasteiger partial charge in [-0.15, -0.1) is 0 Å². The molecule has 1 aliphatic carbocycles. The van der Waals surface area contributed by atoms with Crippen molar-refractivity contribution in [3.63, 3.8) is 0 Å². The summed E-state index contributed by atoms with van der Waals surface area (Å²) in [6.07, 6.45) is 6.91. The lowest BCUT2D eigenvalue weighted by Crippen LogP contribution is -2.31. The lowest BCUT2D eigenvalue weighted by Gasteiger charge is -2.23. The van der Waals surface area contributed by atoms with Gasteiger partial charge in [-0.1, -0.05) is 57.0 Å². The van der Waals surface area contributed by atoms with Crippen molar-refractivity contribution in [2.24, 2.45) is 11.8 Å². The van der Waals surface area contributed by atoms with Crippen molar-refractivity contribution in [2.45, 2.75) is 65.0 Å². The fraction of sp³-hybridized carbons (Fsp3) is 0.667. The van der Waals surface area contributed by atoms with E-state index in [9.17, 15) is 0 Å². The van der Waals surface area contributed by atoms with E-state index in [2.05, 4.69) is 56.4 Å². The average Bonchev–Trinajstić information content (AvgIpc) is 2.65. The predicted octanol–water partition coefficient (Wildman–Crippen LogP) is 4.94. The highest BCUT2D eigenvalue weighted by Gasteiger charge is 2.21. The monoisotopic (exact) mass is 259 g/mol. The quantitative estimate of drug-likeness (QED) is 0.755. The van der Waals surface area contributed by atoms with Gasteiger partial charge in [0.2, 0.25) is 0 Å². The zero-order chi connectivity index (χ0) is 13.7. The van der Waals surface area contributed by atoms with Crippen molar-refractivity contribution in [2.75, 3.05) is 0 Å². The Balaban J connectivity index is 1.86. The van der Waals surface area contributed by atoms with Gasteiger partial charge in [-0.05, 0) is 43.6 Å². The Labute approximate surface area is 118 Å². The minimum absolute atomic E-state index is 0.474. The molecule has 0 heterocycles. The van der Waals surface area contributed by atoms with E-state index in [1.807, 2.05) is 0 Å². The summed E-state index contributed by atoms with van der Waals surface area (Å²) < 4.78 is 0. The van der Waals surface area contributed by atoms with Crippen LogP contribution in [0.2, 0.25) is 0 Å². The van der Waals surface area contributed by atoms with Gasteiger partial charge in [0.1, 0.15) is 0 Å². The molecule has 0 aliphatic heterocycles. The van der Waals surface area contributed by atoms with Gasteiger partial charge < -0.3 is 5.32 Å². The van der Waals surface area contributed by atoms with E-state index in [4.69, 9.17) is 0 Å². The maximum atomic E-state index is 3.83. The van der Waals surface area contributed by atoms with Gasteiger partial charge >= 0.3 is 0 Å². The fourth-order valence-corrected chi connectivity index (χ4v) is 3.36. The van der Waals surface area contributed by atoms with Crippen LogP contribution in [0, 0.1) is 11.8 Å². The van der Waals surface area contributed by atoms with Crippen molar-refractivity contribution >= 4 is 0 Å². The zero-order valence-corrected chi connectivity index (χ0v) is 12.7. The molecule has 1 nitrogen and oxygen atoms in total. The van der Waals surface area contributed by atoms with Crippen LogP contribution < -0.4 is 5.32 Å². The Morgan fingerprint density at radius 3 is 2.37 bits per heavy atom. The van der Waals surface area contributed by atoms with Crippen LogP contribution in [-0.4, -0.2) is 6.04 Å². The van der Waals surface area contributed by atoms with Crippen LogP contribution in [-0.2, 0) is 0 Å². The second-order valence-corrected chi connectivity index (χ2v) is 6.51. The molecule has 1 heteroatoms. The Kier molecular flexibility index (Phi) is 5.45. The van der Waals surface area contributed by atoms with Crippen LogP contribution in [0.1, 0.15) is 64.5 Å². The van der Waals surface area contributed by atoms with E-state index >= 15 is 0 Å². The molecule has 1 aromatic rings. The third kappa shape index (κ3) is 4.35. The smallest absolute Gasteiger partial charge is 0.0294 e. The summed E-state index contributed by atoms with van der Waals surface area (Å²) in [5.74, 6) is 1.80. The van der Waals surface area contributed by atoms with Crippen molar-refractivity contribution in [3.8, 4) is 0 Å². The second kappa shape index (κ2) is 7.09. The Morgan fingerprint density at radius 1 is 0.947 bits per heavy atom. The van der Waals surface area contributed by atoms with Gasteiger partial charge in [-0.3, -0.25) is 0 Å². The van der Waals surface area contributed by atoms with Crippen molar-refractivity contribution in [1.82, 2.24) is 5.32 Å². The molecule has 1 saturated carbocycles. The van der Waals surface area contributed by atoms with Crippen LogP contribution in [0.15, 0.2) is 30.3 Å². The van der Waals surface area contributed by atoms with Gasteiger partial charge in [0.25, 0.3) is 0 Å². The summed E-state index contributed by atoms with van der Waals surface area (Å²) in [5, 5.41) is 3.83. The van der Waals surface area contributed by atoms with E-state index in [1.165, 1.54) is 37.7 Å². The predicted molar refractivity (Wildman–Crippen MR) is 83.2 cm³/mol. The zero-order valence-electron chi connectivity index (χ0n) is 12.7. The molecule has 1 N–H and O–H groups in total. The molecule has 0 amide bonds. The maximum Gasteiger partial charge on any atom is 0.0294 e. The Morgan fingerprint density at radius 2 is 1.68 bits per heavy atom. The van der Waals surface area contributed by atoms with E-state index in [0.29, 0.717) is 12.1 Å². The normalized spacial score (nSPS) is 26.1. The van der Waals surface area contributed by atoms with Crippen molar-refractivity contribution in [3.05, 3.63) is 35.9 Å². The van der Waals surface area contributed by atoms with E-state index in [0.717, 1.165) is 11.8 Å². The van der Waals surface area contributed by atoms with Crippen LogP contribution in [0.5, 0.6) is 0 Å². The van der Waals surface area contributed by atoms with Crippen molar-refractivity contribution < 1.29 is 0 Å². The van der Waals surface area contributed by atoms with Crippen LogP contribution >= 0.6 is 0 Å². The summed E-state index contributed by atoms with van der Waals surface area (Å²) >= 11 is 0. The molecular weight excluding hydrogens is 230 g/mol. The molecule has 1 aliphatic rings. The molecule has 3 atom stereocenters. The minimum Gasteiger partial charge on any atom is -0.307 e. The summed E-state index contributed by atoms with van der Waals surface area (Å²) in [7, 11) is 0. The number of rotatable bonds is 4. The molecule has 19 heavy (non-hydrogen) atoms. The lowest BCUT2D eigenvalue weighted by molar-refractivity contribution is 0.335. The van der Waals surface area contributed by atoms with Crippen LogP contribution in [0.3, 0.4) is 0 Å². The van der Waals surface area contributed by atoms with Crippen LogP contribution in [0.4, 0.5) is 0 Å². The van der Waals surface area contributed by atoms with E-state index in [-0.39, 0.29) is 0 Å². The number of nitrogens with one attached hydrogen (secondary N) is 1. The van der Waals surface area contributed by atoms with Gasteiger partial charge in [0.05, 0.1) is 0 Å². The first-order valence-corrected chi connectivity index (χ1v) is 7.98. The van der Waals surface area contributed by atoms with Gasteiger partial charge in [0.15, 0.2) is 0 Å². The highest BCUT2D eigenvalue weighted by molar-refractivity contribution is 5.18. The molecule has 0 radical (unpaired) electrons. The molecule has 106 valence electrons. The van der Waals surface area contributed by atoms with Crippen molar-refractivity contribution in [1.29, 1.82) is 0 Å². The molecular formula is C18H29N. The molecule has 0 spiro atoms. The first-order valence-electron chi connectivity index (χ1n) is 7.98. The number of benzene rings is 1. The second-order valence-electron chi connectivity index (χ2n) is 6.51. The van der Waals surface area contributed by atoms with E-state index < -0.39 is 0 Å². The fourth-order valence-electron chi connectivity index (χ4n) is 3.36. The molecule has 2 unspecified atom stereocenters. The molecule has 1 fully saturated rings. The van der Waals surface area contributed by atoms with Crippen LogP contribution in [0.25, 0.3) is 0 Å². The van der Waals surface area contributed by atoms with Gasteiger partial charge in [-0.25, -0.2) is 0 Å². The Bertz CT molecular complexity index is 357. The Hall–Kier alpha value is -0.820. The average molecular weight is 259 g/mol. The lowest BCUT2D eigenvalue weighted by atomic mass is 9.89. The molecule has 2 rings (SSSR count). The number of hydrogen-bond donors (Lipinski definition) is 1. The molecule has 0 aromatic heterocycles. The molecule has 0 bridgehead atoms. The van der Waals surface area contributed by atoms with Gasteiger partial charge in [-0.2, -0.15) is 0 Å². The topological polar surface area (TPSA) is 12.0 Å². The van der Waals surface area contributed by atoms with E-state index in [1.54, 1.807) is 0 Å². The summed E-state index contributed by atoms with van der Waals surface area (Å²) in [5.41, 5.74) is 1.41. The standard InChI is InChI=1S/C18H29N/c1-14(2)16-10-7-11-18(13-12-16)19-15(3)17-8-5-4-6-9-17/h4-6,8-9,14-16,18-19H,7,10-13H2,1-3H3/t15-,16?,18?/m1/s1. The highest BCUT2D eigenvalue weighted by Crippen LogP contribution is 2.29. The number of hydrogen-bond acceptors (Lipinski definition) is 1. The summed E-state index contributed by atoms with van der Waals surface area (Å²) in [4.78, 5) is 0. The van der Waals surface area contributed by atoms with Gasteiger partial charge in [0, 0.05) is 12.1 Å². The largest absolute Gasteiger partial charge is 0.307 e. The third-order valence-corrected chi connectivity index (χ3v) is 4.74. The minimum atomic E-state index is 0.474.